The average molecular weight is 270 g/mol. The molecule has 0 saturated heterocycles. The van der Waals surface area contributed by atoms with E-state index in [1.54, 1.807) is 0 Å². The van der Waals surface area contributed by atoms with Gasteiger partial charge in [-0.05, 0) is 18.1 Å². The Kier molecular flexibility index (Phi) is 3.74. The summed E-state index contributed by atoms with van der Waals surface area (Å²) in [5.74, 6) is 0. The monoisotopic (exact) mass is 270 g/mol. The lowest BCUT2D eigenvalue weighted by molar-refractivity contribution is 0.687. The lowest BCUT2D eigenvalue weighted by atomic mass is 10.1. The third-order valence-corrected chi connectivity index (χ3v) is 3.89. The average Bonchev–Trinajstić information content (AvgIpc) is 2.69. The summed E-state index contributed by atoms with van der Waals surface area (Å²) in [6, 6.07) is 8.68. The van der Waals surface area contributed by atoms with E-state index >= 15 is 0 Å². The Morgan fingerprint density at radius 3 is 3.00 bits per heavy atom. The van der Waals surface area contributed by atoms with Gasteiger partial charge in [-0.2, -0.15) is 5.10 Å². The predicted molar refractivity (Wildman–Crippen MR) is 81.8 cm³/mol. The molecule has 0 amide bonds. The van der Waals surface area contributed by atoms with E-state index in [-0.39, 0.29) is 0 Å². The van der Waals surface area contributed by atoms with Crippen LogP contribution in [0.4, 0.5) is 5.69 Å². The Hall–Kier alpha value is -1.81. The molecule has 106 valence electrons. The quantitative estimate of drug-likeness (QED) is 0.927. The van der Waals surface area contributed by atoms with Gasteiger partial charge in [0.15, 0.2) is 0 Å². The molecule has 0 fully saturated rings. The van der Waals surface area contributed by atoms with E-state index in [1.807, 2.05) is 11.7 Å². The molecule has 0 radical (unpaired) electrons. The molecule has 3 rings (SSSR count). The first-order chi connectivity index (χ1) is 9.78. The van der Waals surface area contributed by atoms with Crippen molar-refractivity contribution >= 4 is 5.69 Å². The van der Waals surface area contributed by atoms with Gasteiger partial charge in [-0.3, -0.25) is 4.68 Å². The van der Waals surface area contributed by atoms with Crippen LogP contribution in [0.1, 0.15) is 23.7 Å². The second-order valence-electron chi connectivity index (χ2n) is 5.36. The Bertz CT molecular complexity index is 588. The number of aromatic nitrogens is 2. The number of benzene rings is 1. The van der Waals surface area contributed by atoms with E-state index in [4.69, 9.17) is 0 Å². The van der Waals surface area contributed by atoms with Crippen molar-refractivity contribution in [1.82, 2.24) is 15.1 Å². The van der Waals surface area contributed by atoms with Gasteiger partial charge in [0.1, 0.15) is 0 Å². The van der Waals surface area contributed by atoms with Gasteiger partial charge >= 0.3 is 0 Å². The molecule has 4 nitrogen and oxygen atoms in total. The molecule has 1 aromatic carbocycles. The van der Waals surface area contributed by atoms with Gasteiger partial charge in [-0.25, -0.2) is 0 Å². The van der Waals surface area contributed by atoms with Crippen molar-refractivity contribution in [1.29, 1.82) is 0 Å². The van der Waals surface area contributed by atoms with Crippen molar-refractivity contribution in [3.05, 3.63) is 47.3 Å². The zero-order valence-electron chi connectivity index (χ0n) is 12.3. The molecule has 2 heterocycles. The van der Waals surface area contributed by atoms with Crippen LogP contribution >= 0.6 is 0 Å². The molecule has 4 heteroatoms. The molecule has 1 aromatic heterocycles. The van der Waals surface area contributed by atoms with Crippen LogP contribution in [0.3, 0.4) is 0 Å². The van der Waals surface area contributed by atoms with Gasteiger partial charge in [-0.15, -0.1) is 0 Å². The second-order valence-corrected chi connectivity index (χ2v) is 5.36. The predicted octanol–water partition coefficient (Wildman–Crippen LogP) is 2.09. The lowest BCUT2D eigenvalue weighted by Crippen LogP contribution is -2.28. The first-order valence-corrected chi connectivity index (χ1v) is 7.33. The highest BCUT2D eigenvalue weighted by Crippen LogP contribution is 2.24. The van der Waals surface area contributed by atoms with E-state index in [0.29, 0.717) is 0 Å². The summed E-state index contributed by atoms with van der Waals surface area (Å²) in [5, 5.41) is 8.04. The number of hydrogen-bond donors (Lipinski definition) is 1. The molecule has 0 aliphatic carbocycles. The Labute approximate surface area is 120 Å². The molecule has 0 spiro atoms. The molecule has 1 aliphatic heterocycles. The summed E-state index contributed by atoms with van der Waals surface area (Å²) in [6.07, 6.45) is 3.14. The van der Waals surface area contributed by atoms with Crippen molar-refractivity contribution in [3.63, 3.8) is 0 Å². The summed E-state index contributed by atoms with van der Waals surface area (Å²) >= 11 is 0. The lowest BCUT2D eigenvalue weighted by Gasteiger charge is -2.24. The molecule has 1 aliphatic rings. The first kappa shape index (κ1) is 13.2. The smallest absolute Gasteiger partial charge is 0.0671 e. The van der Waals surface area contributed by atoms with Crippen molar-refractivity contribution < 1.29 is 0 Å². The third-order valence-electron chi connectivity index (χ3n) is 3.89. The Balaban J connectivity index is 1.90. The zero-order valence-corrected chi connectivity index (χ0v) is 12.3. The van der Waals surface area contributed by atoms with E-state index in [1.165, 1.54) is 22.5 Å². The maximum atomic E-state index is 4.55. The fourth-order valence-electron chi connectivity index (χ4n) is 2.91. The van der Waals surface area contributed by atoms with Crippen molar-refractivity contribution in [2.75, 3.05) is 18.0 Å². The molecule has 2 aromatic rings. The number of anilines is 1. The van der Waals surface area contributed by atoms with Gasteiger partial charge in [0, 0.05) is 50.7 Å². The van der Waals surface area contributed by atoms with E-state index in [2.05, 4.69) is 52.7 Å². The van der Waals surface area contributed by atoms with Crippen molar-refractivity contribution in [2.24, 2.45) is 7.05 Å². The van der Waals surface area contributed by atoms with E-state index in [9.17, 15) is 0 Å². The first-order valence-electron chi connectivity index (χ1n) is 7.33. The van der Waals surface area contributed by atoms with Crippen molar-refractivity contribution in [3.8, 4) is 0 Å². The molecule has 1 N–H and O–H groups in total. The number of fused-ring (bicyclic) bond motifs is 1. The Morgan fingerprint density at radius 2 is 2.15 bits per heavy atom. The summed E-state index contributed by atoms with van der Waals surface area (Å²) in [5.41, 5.74) is 5.28. The topological polar surface area (TPSA) is 33.1 Å². The second kappa shape index (κ2) is 5.67. The van der Waals surface area contributed by atoms with Crippen LogP contribution in [-0.2, 0) is 26.6 Å². The zero-order chi connectivity index (χ0) is 13.9. The summed E-state index contributed by atoms with van der Waals surface area (Å²) in [7, 11) is 2.00. The van der Waals surface area contributed by atoms with Crippen LogP contribution in [0.15, 0.2) is 30.5 Å². The standard InChI is InChI=1S/C16H22N4/c1-3-15-14(11-19(2)18-15)12-20-9-8-17-10-13-6-4-5-7-16(13)20/h4-7,11,17H,3,8-10,12H2,1-2H3. The number of para-hydroxylation sites is 1. The summed E-state index contributed by atoms with van der Waals surface area (Å²) < 4.78 is 1.93. The number of hydrogen-bond acceptors (Lipinski definition) is 3. The van der Waals surface area contributed by atoms with E-state index < -0.39 is 0 Å². The van der Waals surface area contributed by atoms with Gasteiger partial charge in [0.2, 0.25) is 0 Å². The fraction of sp³-hybridized carbons (Fsp3) is 0.438. The maximum Gasteiger partial charge on any atom is 0.0671 e. The highest BCUT2D eigenvalue weighted by molar-refractivity contribution is 5.54. The molecule has 0 atom stereocenters. The normalized spacial score (nSPS) is 15.0. The van der Waals surface area contributed by atoms with Gasteiger partial charge in [0.05, 0.1) is 5.69 Å². The fourth-order valence-corrected chi connectivity index (χ4v) is 2.91. The number of rotatable bonds is 3. The SMILES string of the molecule is CCc1nn(C)cc1CN1CCNCc2ccccc21. The maximum absolute atomic E-state index is 4.55. The number of nitrogens with one attached hydrogen (secondary N) is 1. The van der Waals surface area contributed by atoms with Gasteiger partial charge in [-0.1, -0.05) is 25.1 Å². The third kappa shape index (κ3) is 2.56. The van der Waals surface area contributed by atoms with Crippen LogP contribution in [0.5, 0.6) is 0 Å². The van der Waals surface area contributed by atoms with Crippen LogP contribution in [0.2, 0.25) is 0 Å². The number of aryl methyl sites for hydroxylation is 2. The Morgan fingerprint density at radius 1 is 1.30 bits per heavy atom. The largest absolute Gasteiger partial charge is 0.366 e. The molecule has 0 unspecified atom stereocenters. The van der Waals surface area contributed by atoms with Crippen LogP contribution in [-0.4, -0.2) is 22.9 Å². The van der Waals surface area contributed by atoms with Crippen LogP contribution in [0.25, 0.3) is 0 Å². The minimum Gasteiger partial charge on any atom is -0.366 e. The minimum absolute atomic E-state index is 0.940. The van der Waals surface area contributed by atoms with Gasteiger partial charge in [0.25, 0.3) is 0 Å². The van der Waals surface area contributed by atoms with Crippen LogP contribution in [0, 0.1) is 0 Å². The molecule has 0 saturated carbocycles. The summed E-state index contributed by atoms with van der Waals surface area (Å²) in [6.45, 7) is 6.13. The number of nitrogens with zero attached hydrogens (tertiary/aromatic N) is 3. The molecule has 20 heavy (non-hydrogen) atoms. The highest BCUT2D eigenvalue weighted by atomic mass is 15.3. The van der Waals surface area contributed by atoms with Gasteiger partial charge < -0.3 is 10.2 Å². The molecular weight excluding hydrogens is 248 g/mol. The van der Waals surface area contributed by atoms with Crippen molar-refractivity contribution in [2.45, 2.75) is 26.4 Å². The summed E-state index contributed by atoms with van der Waals surface area (Å²) in [4.78, 5) is 2.46. The highest BCUT2D eigenvalue weighted by Gasteiger charge is 2.16. The molecular formula is C16H22N4. The molecule has 0 bridgehead atoms. The van der Waals surface area contributed by atoms with E-state index in [0.717, 1.165) is 32.6 Å². The minimum atomic E-state index is 0.940. The van der Waals surface area contributed by atoms with Crippen LogP contribution < -0.4 is 10.2 Å².